The highest BCUT2D eigenvalue weighted by Gasteiger charge is 2.28. The fraction of sp³-hybridized carbons (Fsp3) is 0.529. The third-order valence-electron chi connectivity index (χ3n) is 4.19. The van der Waals surface area contributed by atoms with E-state index >= 15 is 0 Å². The third-order valence-corrected chi connectivity index (χ3v) is 4.19. The van der Waals surface area contributed by atoms with E-state index in [1.54, 1.807) is 12.1 Å². The SMILES string of the molecule is CCOC(=O)C1CCC(NC(=O)c2cc(N)ccc2C)CC1.Cl. The Morgan fingerprint density at radius 2 is 1.91 bits per heavy atom. The van der Waals surface area contributed by atoms with Gasteiger partial charge in [0, 0.05) is 17.3 Å². The average molecular weight is 341 g/mol. The van der Waals surface area contributed by atoms with Gasteiger partial charge >= 0.3 is 5.97 Å². The maximum atomic E-state index is 12.3. The molecule has 1 amide bonds. The minimum Gasteiger partial charge on any atom is -0.466 e. The normalized spacial score (nSPS) is 20.3. The van der Waals surface area contributed by atoms with Crippen molar-refractivity contribution in [3.05, 3.63) is 29.3 Å². The number of ether oxygens (including phenoxy) is 1. The van der Waals surface area contributed by atoms with Gasteiger partial charge in [-0.2, -0.15) is 0 Å². The lowest BCUT2D eigenvalue weighted by Crippen LogP contribution is -2.39. The summed E-state index contributed by atoms with van der Waals surface area (Å²) in [5, 5.41) is 3.05. The molecule has 128 valence electrons. The van der Waals surface area contributed by atoms with Gasteiger partial charge in [-0.1, -0.05) is 6.07 Å². The Labute approximate surface area is 143 Å². The van der Waals surface area contributed by atoms with Crippen LogP contribution in [0.4, 0.5) is 5.69 Å². The minimum absolute atomic E-state index is 0. The van der Waals surface area contributed by atoms with Crippen molar-refractivity contribution in [1.29, 1.82) is 0 Å². The predicted molar refractivity (Wildman–Crippen MR) is 92.7 cm³/mol. The van der Waals surface area contributed by atoms with Gasteiger partial charge in [-0.25, -0.2) is 0 Å². The number of aryl methyl sites for hydroxylation is 1. The number of hydrogen-bond donors (Lipinski definition) is 2. The lowest BCUT2D eigenvalue weighted by Gasteiger charge is -2.28. The summed E-state index contributed by atoms with van der Waals surface area (Å²) in [6.45, 7) is 4.13. The van der Waals surface area contributed by atoms with Gasteiger partial charge in [0.1, 0.15) is 0 Å². The molecular formula is C17H25ClN2O3. The zero-order valence-electron chi connectivity index (χ0n) is 13.6. The van der Waals surface area contributed by atoms with Crippen LogP contribution in [0, 0.1) is 12.8 Å². The van der Waals surface area contributed by atoms with Crippen LogP contribution in [-0.2, 0) is 9.53 Å². The molecule has 1 aromatic rings. The number of nitrogens with one attached hydrogen (secondary N) is 1. The molecule has 0 aliphatic heterocycles. The van der Waals surface area contributed by atoms with Gasteiger partial charge in [0.05, 0.1) is 12.5 Å². The summed E-state index contributed by atoms with van der Waals surface area (Å²) in [6, 6.07) is 5.45. The summed E-state index contributed by atoms with van der Waals surface area (Å²) in [5.41, 5.74) is 7.86. The molecule has 23 heavy (non-hydrogen) atoms. The first kappa shape index (κ1) is 19.3. The van der Waals surface area contributed by atoms with E-state index < -0.39 is 0 Å². The van der Waals surface area contributed by atoms with Crippen molar-refractivity contribution >= 4 is 30.0 Å². The van der Waals surface area contributed by atoms with Gasteiger partial charge in [0.15, 0.2) is 0 Å². The number of rotatable bonds is 4. The number of benzene rings is 1. The van der Waals surface area contributed by atoms with Crippen LogP contribution in [0.2, 0.25) is 0 Å². The minimum atomic E-state index is -0.112. The smallest absolute Gasteiger partial charge is 0.308 e. The highest BCUT2D eigenvalue weighted by molar-refractivity contribution is 5.96. The van der Waals surface area contributed by atoms with E-state index in [1.807, 2.05) is 19.9 Å². The van der Waals surface area contributed by atoms with Crippen LogP contribution >= 0.6 is 12.4 Å². The molecular weight excluding hydrogens is 316 g/mol. The van der Waals surface area contributed by atoms with Crippen molar-refractivity contribution in [3.63, 3.8) is 0 Å². The molecule has 1 saturated carbocycles. The molecule has 3 N–H and O–H groups in total. The van der Waals surface area contributed by atoms with Crippen molar-refractivity contribution in [2.45, 2.75) is 45.6 Å². The van der Waals surface area contributed by atoms with Crippen molar-refractivity contribution in [2.75, 3.05) is 12.3 Å². The summed E-state index contributed by atoms with van der Waals surface area (Å²) in [7, 11) is 0. The first-order valence-electron chi connectivity index (χ1n) is 7.85. The second-order valence-electron chi connectivity index (χ2n) is 5.85. The molecule has 1 aliphatic carbocycles. The average Bonchev–Trinajstić information content (AvgIpc) is 2.50. The van der Waals surface area contributed by atoms with Gasteiger partial charge in [0.2, 0.25) is 0 Å². The first-order valence-corrected chi connectivity index (χ1v) is 7.85. The lowest BCUT2D eigenvalue weighted by molar-refractivity contribution is -0.149. The number of carbonyl (C=O) groups is 2. The second kappa shape index (κ2) is 8.77. The third kappa shape index (κ3) is 5.13. The molecule has 2 rings (SSSR count). The second-order valence-corrected chi connectivity index (χ2v) is 5.85. The standard InChI is InChI=1S/C17H24N2O3.ClH/c1-3-22-17(21)12-5-8-14(9-6-12)19-16(20)15-10-13(18)7-4-11(15)2;/h4,7,10,12,14H,3,5-6,8-9,18H2,1-2H3,(H,19,20);1H. The molecule has 0 bridgehead atoms. The zero-order chi connectivity index (χ0) is 16.1. The Hall–Kier alpha value is -1.75. The van der Waals surface area contributed by atoms with E-state index in [-0.39, 0.29) is 36.2 Å². The highest BCUT2D eigenvalue weighted by Crippen LogP contribution is 2.26. The fourth-order valence-electron chi connectivity index (χ4n) is 2.88. The number of nitrogen functional groups attached to an aromatic ring is 1. The lowest BCUT2D eigenvalue weighted by atomic mass is 9.86. The molecule has 1 fully saturated rings. The van der Waals surface area contributed by atoms with Crippen molar-refractivity contribution in [3.8, 4) is 0 Å². The first-order chi connectivity index (χ1) is 10.5. The van der Waals surface area contributed by atoms with Crippen LogP contribution in [0.3, 0.4) is 0 Å². The van der Waals surface area contributed by atoms with Crippen LogP contribution in [-0.4, -0.2) is 24.5 Å². The van der Waals surface area contributed by atoms with E-state index in [0.29, 0.717) is 17.9 Å². The van der Waals surface area contributed by atoms with Crippen molar-refractivity contribution in [2.24, 2.45) is 5.92 Å². The molecule has 0 atom stereocenters. The number of esters is 1. The van der Waals surface area contributed by atoms with E-state index in [2.05, 4.69) is 5.32 Å². The largest absolute Gasteiger partial charge is 0.466 e. The maximum absolute atomic E-state index is 12.3. The Morgan fingerprint density at radius 1 is 1.26 bits per heavy atom. The Kier molecular flexibility index (Phi) is 7.36. The van der Waals surface area contributed by atoms with Gasteiger partial charge in [-0.15, -0.1) is 12.4 Å². The van der Waals surface area contributed by atoms with Crippen LogP contribution < -0.4 is 11.1 Å². The topological polar surface area (TPSA) is 81.4 Å². The fourth-order valence-corrected chi connectivity index (χ4v) is 2.88. The molecule has 0 spiro atoms. The van der Waals surface area contributed by atoms with Crippen molar-refractivity contribution in [1.82, 2.24) is 5.32 Å². The highest BCUT2D eigenvalue weighted by atomic mass is 35.5. The van der Waals surface area contributed by atoms with Crippen LogP contribution in [0.1, 0.15) is 48.5 Å². The number of hydrogen-bond acceptors (Lipinski definition) is 4. The molecule has 5 nitrogen and oxygen atoms in total. The van der Waals surface area contributed by atoms with Crippen LogP contribution in [0.5, 0.6) is 0 Å². The van der Waals surface area contributed by atoms with Gasteiger partial charge in [0.25, 0.3) is 5.91 Å². The van der Waals surface area contributed by atoms with Gasteiger partial charge in [-0.3, -0.25) is 9.59 Å². The summed E-state index contributed by atoms with van der Waals surface area (Å²) >= 11 is 0. The maximum Gasteiger partial charge on any atom is 0.308 e. The number of carbonyl (C=O) groups excluding carboxylic acids is 2. The predicted octanol–water partition coefficient (Wildman–Crippen LogP) is 2.85. The molecule has 0 unspecified atom stereocenters. The molecule has 0 heterocycles. The quantitative estimate of drug-likeness (QED) is 0.652. The summed E-state index contributed by atoms with van der Waals surface area (Å²) in [6.07, 6.45) is 3.13. The summed E-state index contributed by atoms with van der Waals surface area (Å²) in [4.78, 5) is 24.1. The number of nitrogens with two attached hydrogens (primary N) is 1. The zero-order valence-corrected chi connectivity index (χ0v) is 14.4. The molecule has 0 saturated heterocycles. The van der Waals surface area contributed by atoms with Crippen LogP contribution in [0.25, 0.3) is 0 Å². The Morgan fingerprint density at radius 3 is 2.52 bits per heavy atom. The van der Waals surface area contributed by atoms with E-state index in [9.17, 15) is 9.59 Å². The Balaban J connectivity index is 0.00000264. The Bertz CT molecular complexity index is 555. The van der Waals surface area contributed by atoms with Crippen molar-refractivity contribution < 1.29 is 14.3 Å². The number of halogens is 1. The number of anilines is 1. The van der Waals surface area contributed by atoms with Crippen LogP contribution in [0.15, 0.2) is 18.2 Å². The molecule has 0 radical (unpaired) electrons. The number of amides is 1. The molecule has 1 aliphatic rings. The molecule has 0 aromatic heterocycles. The van der Waals surface area contributed by atoms with Gasteiger partial charge < -0.3 is 15.8 Å². The summed E-state index contributed by atoms with van der Waals surface area (Å²) in [5.74, 6) is -0.231. The summed E-state index contributed by atoms with van der Waals surface area (Å²) < 4.78 is 5.06. The van der Waals surface area contributed by atoms with E-state index in [1.165, 1.54) is 0 Å². The van der Waals surface area contributed by atoms with Gasteiger partial charge in [-0.05, 0) is 57.2 Å². The van der Waals surface area contributed by atoms with E-state index in [0.717, 1.165) is 31.2 Å². The monoisotopic (exact) mass is 340 g/mol. The molecule has 6 heteroatoms. The molecule has 1 aromatic carbocycles. The van der Waals surface area contributed by atoms with E-state index in [4.69, 9.17) is 10.5 Å².